The van der Waals surface area contributed by atoms with E-state index in [-0.39, 0.29) is 0 Å². The smallest absolute Gasteiger partial charge is 0.0728 e. The van der Waals surface area contributed by atoms with Crippen LogP contribution in [0.1, 0.15) is 26.7 Å². The van der Waals surface area contributed by atoms with Crippen LogP contribution in [0.5, 0.6) is 0 Å². The third-order valence-corrected chi connectivity index (χ3v) is 4.35. The minimum atomic E-state index is 0.294. The fourth-order valence-corrected chi connectivity index (χ4v) is 2.99. The molecular weight excluding hydrogens is 188 g/mol. The van der Waals surface area contributed by atoms with Gasteiger partial charge in [-0.15, -0.1) is 0 Å². The van der Waals surface area contributed by atoms with Crippen LogP contribution in [0.2, 0.25) is 0 Å². The van der Waals surface area contributed by atoms with Crippen molar-refractivity contribution in [3.63, 3.8) is 0 Å². The van der Waals surface area contributed by atoms with E-state index in [4.69, 9.17) is 4.74 Å². The van der Waals surface area contributed by atoms with Gasteiger partial charge in [-0.05, 0) is 52.7 Å². The van der Waals surface area contributed by atoms with Crippen LogP contribution in [0.3, 0.4) is 0 Å². The van der Waals surface area contributed by atoms with Crippen LogP contribution in [0.25, 0.3) is 0 Å². The highest BCUT2D eigenvalue weighted by Crippen LogP contribution is 2.35. The molecule has 0 aromatic rings. The molecule has 3 heteroatoms. The second-order valence-electron chi connectivity index (χ2n) is 5.28. The molecule has 3 atom stereocenters. The summed E-state index contributed by atoms with van der Waals surface area (Å²) >= 11 is 0. The molecule has 2 saturated heterocycles. The summed E-state index contributed by atoms with van der Waals surface area (Å²) in [5.41, 5.74) is 0.294. The number of hydrogen-bond donors (Lipinski definition) is 1. The fourth-order valence-electron chi connectivity index (χ4n) is 2.99. The van der Waals surface area contributed by atoms with Crippen LogP contribution < -0.4 is 5.32 Å². The van der Waals surface area contributed by atoms with Crippen LogP contribution in [0, 0.1) is 5.92 Å². The van der Waals surface area contributed by atoms with E-state index in [9.17, 15) is 0 Å². The zero-order valence-electron chi connectivity index (χ0n) is 10.3. The molecule has 2 heterocycles. The number of hydrogen-bond acceptors (Lipinski definition) is 3. The zero-order chi connectivity index (χ0) is 10.9. The predicted octanol–water partition coefficient (Wildman–Crippen LogP) is 1.10. The summed E-state index contributed by atoms with van der Waals surface area (Å²) < 4.78 is 5.72. The van der Waals surface area contributed by atoms with Crippen molar-refractivity contribution >= 4 is 0 Å². The van der Waals surface area contributed by atoms with E-state index in [0.717, 1.165) is 19.1 Å². The SMILES string of the molecule is CNCC1CCN(C2(C)CCOC2C)C1. The lowest BCUT2D eigenvalue weighted by Gasteiger charge is -2.38. The van der Waals surface area contributed by atoms with Gasteiger partial charge in [0.15, 0.2) is 0 Å². The summed E-state index contributed by atoms with van der Waals surface area (Å²) in [5.74, 6) is 0.833. The molecule has 0 aromatic heterocycles. The Labute approximate surface area is 93.2 Å². The minimum absolute atomic E-state index is 0.294. The van der Waals surface area contributed by atoms with E-state index < -0.39 is 0 Å². The van der Waals surface area contributed by atoms with Gasteiger partial charge in [-0.3, -0.25) is 4.90 Å². The fraction of sp³-hybridized carbons (Fsp3) is 1.00. The summed E-state index contributed by atoms with van der Waals surface area (Å²) in [5, 5.41) is 3.29. The van der Waals surface area contributed by atoms with E-state index >= 15 is 0 Å². The van der Waals surface area contributed by atoms with Crippen molar-refractivity contribution in [2.75, 3.05) is 33.3 Å². The molecule has 3 nitrogen and oxygen atoms in total. The molecule has 2 aliphatic heterocycles. The lowest BCUT2D eigenvalue weighted by Crippen LogP contribution is -2.50. The molecule has 0 saturated carbocycles. The molecule has 0 radical (unpaired) electrons. The Morgan fingerprint density at radius 1 is 1.53 bits per heavy atom. The topological polar surface area (TPSA) is 24.5 Å². The van der Waals surface area contributed by atoms with Gasteiger partial charge in [-0.2, -0.15) is 0 Å². The first kappa shape index (κ1) is 11.4. The molecule has 0 aromatic carbocycles. The van der Waals surface area contributed by atoms with Gasteiger partial charge in [0.1, 0.15) is 0 Å². The Morgan fingerprint density at radius 3 is 2.93 bits per heavy atom. The van der Waals surface area contributed by atoms with Gasteiger partial charge in [0.05, 0.1) is 6.10 Å². The maximum Gasteiger partial charge on any atom is 0.0728 e. The summed E-state index contributed by atoms with van der Waals surface area (Å²) in [6.45, 7) is 9.17. The molecule has 0 amide bonds. The standard InChI is InChI=1S/C12H24N2O/c1-10-12(2,5-7-15-10)14-6-4-11(9-14)8-13-3/h10-11,13H,4-9H2,1-3H3. The second kappa shape index (κ2) is 4.40. The van der Waals surface area contributed by atoms with Crippen molar-refractivity contribution < 1.29 is 4.74 Å². The van der Waals surface area contributed by atoms with Gasteiger partial charge >= 0.3 is 0 Å². The van der Waals surface area contributed by atoms with Gasteiger partial charge in [-0.25, -0.2) is 0 Å². The van der Waals surface area contributed by atoms with Gasteiger partial charge in [0, 0.05) is 18.7 Å². The molecule has 2 rings (SSSR count). The Hall–Kier alpha value is -0.120. The Morgan fingerprint density at radius 2 is 2.33 bits per heavy atom. The highest BCUT2D eigenvalue weighted by molar-refractivity contribution is 4.98. The number of nitrogens with one attached hydrogen (secondary N) is 1. The summed E-state index contributed by atoms with van der Waals surface area (Å²) in [7, 11) is 2.05. The molecule has 2 aliphatic rings. The Bertz CT molecular complexity index is 222. The van der Waals surface area contributed by atoms with Crippen molar-refractivity contribution in [3.8, 4) is 0 Å². The Kier molecular flexibility index (Phi) is 3.33. The summed E-state index contributed by atoms with van der Waals surface area (Å²) in [4.78, 5) is 2.65. The normalized spacial score (nSPS) is 42.6. The highest BCUT2D eigenvalue weighted by Gasteiger charge is 2.44. The molecular formula is C12H24N2O. The lowest BCUT2D eigenvalue weighted by molar-refractivity contribution is 0.0311. The molecule has 0 aliphatic carbocycles. The number of rotatable bonds is 3. The molecule has 15 heavy (non-hydrogen) atoms. The first-order valence-electron chi connectivity index (χ1n) is 6.18. The van der Waals surface area contributed by atoms with Crippen molar-refractivity contribution in [3.05, 3.63) is 0 Å². The molecule has 88 valence electrons. The molecule has 0 spiro atoms. The van der Waals surface area contributed by atoms with E-state index in [1.807, 2.05) is 7.05 Å². The molecule has 0 bridgehead atoms. The number of nitrogens with zero attached hydrogens (tertiary/aromatic N) is 1. The van der Waals surface area contributed by atoms with Gasteiger partial charge < -0.3 is 10.1 Å². The van der Waals surface area contributed by atoms with Crippen LogP contribution in [0.15, 0.2) is 0 Å². The third-order valence-electron chi connectivity index (χ3n) is 4.35. The van der Waals surface area contributed by atoms with E-state index in [2.05, 4.69) is 24.1 Å². The van der Waals surface area contributed by atoms with Crippen LogP contribution in [0.4, 0.5) is 0 Å². The van der Waals surface area contributed by atoms with E-state index in [1.165, 1.54) is 25.9 Å². The minimum Gasteiger partial charge on any atom is -0.377 e. The maximum atomic E-state index is 5.72. The second-order valence-corrected chi connectivity index (χ2v) is 5.28. The molecule has 2 fully saturated rings. The third kappa shape index (κ3) is 2.05. The predicted molar refractivity (Wildman–Crippen MR) is 62.0 cm³/mol. The van der Waals surface area contributed by atoms with Gasteiger partial charge in [-0.1, -0.05) is 0 Å². The van der Waals surface area contributed by atoms with E-state index in [0.29, 0.717) is 11.6 Å². The summed E-state index contributed by atoms with van der Waals surface area (Å²) in [6, 6.07) is 0. The highest BCUT2D eigenvalue weighted by atomic mass is 16.5. The molecule has 1 N–H and O–H groups in total. The summed E-state index contributed by atoms with van der Waals surface area (Å²) in [6.07, 6.45) is 2.93. The average molecular weight is 212 g/mol. The average Bonchev–Trinajstić information content (AvgIpc) is 2.77. The van der Waals surface area contributed by atoms with Crippen molar-refractivity contribution in [1.82, 2.24) is 10.2 Å². The van der Waals surface area contributed by atoms with Crippen LogP contribution in [-0.4, -0.2) is 49.8 Å². The number of ether oxygens (including phenoxy) is 1. The van der Waals surface area contributed by atoms with Crippen LogP contribution in [-0.2, 0) is 4.74 Å². The largest absolute Gasteiger partial charge is 0.377 e. The Balaban J connectivity index is 1.94. The first-order valence-corrected chi connectivity index (χ1v) is 6.18. The van der Waals surface area contributed by atoms with Crippen molar-refractivity contribution in [2.24, 2.45) is 5.92 Å². The zero-order valence-corrected chi connectivity index (χ0v) is 10.3. The lowest BCUT2D eigenvalue weighted by atomic mass is 9.92. The first-order chi connectivity index (χ1) is 7.16. The maximum absolute atomic E-state index is 5.72. The van der Waals surface area contributed by atoms with Crippen LogP contribution >= 0.6 is 0 Å². The number of likely N-dealkylation sites (tertiary alicyclic amines) is 1. The molecule has 3 unspecified atom stereocenters. The van der Waals surface area contributed by atoms with Gasteiger partial charge in [0.25, 0.3) is 0 Å². The monoisotopic (exact) mass is 212 g/mol. The quantitative estimate of drug-likeness (QED) is 0.758. The van der Waals surface area contributed by atoms with E-state index in [1.54, 1.807) is 0 Å². The van der Waals surface area contributed by atoms with Gasteiger partial charge in [0.2, 0.25) is 0 Å². The van der Waals surface area contributed by atoms with Crippen molar-refractivity contribution in [2.45, 2.75) is 38.3 Å². The van der Waals surface area contributed by atoms with Crippen molar-refractivity contribution in [1.29, 1.82) is 0 Å².